The molecule has 1 heterocycles. The van der Waals surface area contributed by atoms with Gasteiger partial charge in [-0.05, 0) is 19.9 Å². The Morgan fingerprint density at radius 1 is 1.33 bits per heavy atom. The summed E-state index contributed by atoms with van der Waals surface area (Å²) < 4.78 is 18.7. The molecule has 0 saturated carbocycles. The molecule has 1 aliphatic heterocycles. The molecule has 0 aromatic heterocycles. The summed E-state index contributed by atoms with van der Waals surface area (Å²) in [6, 6.07) is 3.76. The van der Waals surface area contributed by atoms with Crippen molar-refractivity contribution in [2.75, 3.05) is 30.8 Å². The van der Waals surface area contributed by atoms with Crippen LogP contribution >= 0.6 is 0 Å². The topological polar surface area (TPSA) is 50.5 Å². The predicted molar refractivity (Wildman–Crippen MR) is 71.6 cm³/mol. The number of hydrogen-bond acceptors (Lipinski definition) is 4. The first-order valence-electron chi connectivity index (χ1n) is 6.15. The van der Waals surface area contributed by atoms with Crippen molar-refractivity contribution in [1.29, 1.82) is 0 Å². The molecular formula is C13H20FN3O. The van der Waals surface area contributed by atoms with E-state index in [0.717, 1.165) is 18.8 Å². The zero-order valence-electron chi connectivity index (χ0n) is 11.0. The van der Waals surface area contributed by atoms with E-state index in [2.05, 4.69) is 24.1 Å². The molecule has 2 atom stereocenters. The number of benzene rings is 1. The number of nitrogens with zero attached hydrogens (tertiary/aromatic N) is 1. The molecule has 0 amide bonds. The van der Waals surface area contributed by atoms with Crippen LogP contribution in [0.4, 0.5) is 15.8 Å². The van der Waals surface area contributed by atoms with Crippen molar-refractivity contribution in [3.05, 3.63) is 17.9 Å². The molecular weight excluding hydrogens is 233 g/mol. The second-order valence-corrected chi connectivity index (χ2v) is 4.92. The SMILES string of the molecule is COc1cc(F)c(N)cc1N1C[C@@H](C)N[C@@H](C)C1. The number of anilines is 2. The minimum Gasteiger partial charge on any atom is -0.494 e. The number of nitrogens with one attached hydrogen (secondary N) is 1. The lowest BCUT2D eigenvalue weighted by Crippen LogP contribution is -2.54. The summed E-state index contributed by atoms with van der Waals surface area (Å²) in [5.74, 6) is 0.0924. The minimum atomic E-state index is -0.438. The van der Waals surface area contributed by atoms with E-state index < -0.39 is 5.82 Å². The Hall–Kier alpha value is -1.49. The average molecular weight is 253 g/mol. The van der Waals surface area contributed by atoms with E-state index in [1.165, 1.54) is 6.07 Å². The molecule has 5 heteroatoms. The number of nitrogens with two attached hydrogens (primary N) is 1. The monoisotopic (exact) mass is 253 g/mol. The number of halogens is 1. The van der Waals surface area contributed by atoms with Crippen LogP contribution in [0.15, 0.2) is 12.1 Å². The number of piperazine rings is 1. The quantitative estimate of drug-likeness (QED) is 0.786. The zero-order valence-corrected chi connectivity index (χ0v) is 11.0. The highest BCUT2D eigenvalue weighted by Crippen LogP contribution is 2.33. The van der Waals surface area contributed by atoms with Gasteiger partial charge in [0.05, 0.1) is 18.5 Å². The number of rotatable bonds is 2. The molecule has 0 radical (unpaired) electrons. The summed E-state index contributed by atoms with van der Waals surface area (Å²) in [4.78, 5) is 2.18. The highest BCUT2D eigenvalue weighted by molar-refractivity contribution is 5.66. The summed E-state index contributed by atoms with van der Waals surface area (Å²) >= 11 is 0. The third kappa shape index (κ3) is 2.51. The van der Waals surface area contributed by atoms with E-state index in [1.54, 1.807) is 13.2 Å². The summed E-state index contributed by atoms with van der Waals surface area (Å²) in [7, 11) is 1.55. The molecule has 4 nitrogen and oxygen atoms in total. The molecule has 1 aromatic carbocycles. The van der Waals surface area contributed by atoms with Crippen molar-refractivity contribution in [2.24, 2.45) is 0 Å². The van der Waals surface area contributed by atoms with Gasteiger partial charge in [0.2, 0.25) is 0 Å². The number of methoxy groups -OCH3 is 1. The highest BCUT2D eigenvalue weighted by atomic mass is 19.1. The van der Waals surface area contributed by atoms with E-state index in [-0.39, 0.29) is 5.69 Å². The summed E-state index contributed by atoms with van der Waals surface area (Å²) in [5.41, 5.74) is 6.66. The summed E-state index contributed by atoms with van der Waals surface area (Å²) in [5, 5.41) is 3.45. The molecule has 1 saturated heterocycles. The van der Waals surface area contributed by atoms with E-state index in [1.807, 2.05) is 0 Å². The van der Waals surface area contributed by atoms with Gasteiger partial charge < -0.3 is 20.7 Å². The fourth-order valence-electron chi connectivity index (χ4n) is 2.49. The Morgan fingerprint density at radius 2 is 1.94 bits per heavy atom. The molecule has 3 N–H and O–H groups in total. The van der Waals surface area contributed by atoms with Crippen molar-refractivity contribution >= 4 is 11.4 Å². The van der Waals surface area contributed by atoms with Crippen LogP contribution in [-0.4, -0.2) is 32.3 Å². The number of hydrogen-bond donors (Lipinski definition) is 2. The van der Waals surface area contributed by atoms with Crippen LogP contribution < -0.4 is 20.7 Å². The maximum absolute atomic E-state index is 13.4. The number of ether oxygens (including phenoxy) is 1. The Bertz CT molecular complexity index is 428. The summed E-state index contributed by atoms with van der Waals surface area (Å²) in [6.07, 6.45) is 0. The van der Waals surface area contributed by atoms with Crippen LogP contribution in [0, 0.1) is 5.82 Å². The summed E-state index contributed by atoms with van der Waals surface area (Å²) in [6.45, 7) is 5.96. The lowest BCUT2D eigenvalue weighted by Gasteiger charge is -2.38. The van der Waals surface area contributed by atoms with Crippen LogP contribution in [0.1, 0.15) is 13.8 Å². The smallest absolute Gasteiger partial charge is 0.149 e. The van der Waals surface area contributed by atoms with Gasteiger partial charge in [-0.25, -0.2) is 4.39 Å². The molecule has 0 aliphatic carbocycles. The third-order valence-electron chi connectivity index (χ3n) is 3.20. The van der Waals surface area contributed by atoms with Crippen molar-refractivity contribution in [3.8, 4) is 5.75 Å². The first-order chi connectivity index (χ1) is 8.51. The Morgan fingerprint density at radius 3 is 2.50 bits per heavy atom. The van der Waals surface area contributed by atoms with Crippen LogP contribution in [-0.2, 0) is 0 Å². The van der Waals surface area contributed by atoms with Gasteiger partial charge in [-0.2, -0.15) is 0 Å². The zero-order chi connectivity index (χ0) is 13.3. The van der Waals surface area contributed by atoms with Crippen molar-refractivity contribution in [2.45, 2.75) is 25.9 Å². The Kier molecular flexibility index (Phi) is 3.61. The molecule has 0 bridgehead atoms. The van der Waals surface area contributed by atoms with E-state index in [9.17, 15) is 4.39 Å². The predicted octanol–water partition coefficient (Wildman–Crippen LogP) is 1.60. The van der Waals surface area contributed by atoms with E-state index >= 15 is 0 Å². The van der Waals surface area contributed by atoms with Crippen LogP contribution in [0.25, 0.3) is 0 Å². The van der Waals surface area contributed by atoms with Gasteiger partial charge in [0.15, 0.2) is 0 Å². The van der Waals surface area contributed by atoms with Crippen molar-refractivity contribution in [1.82, 2.24) is 5.32 Å². The molecule has 1 fully saturated rings. The van der Waals surface area contributed by atoms with Gasteiger partial charge in [0.1, 0.15) is 11.6 Å². The van der Waals surface area contributed by atoms with Gasteiger partial charge in [-0.1, -0.05) is 0 Å². The molecule has 18 heavy (non-hydrogen) atoms. The van der Waals surface area contributed by atoms with E-state index in [0.29, 0.717) is 17.8 Å². The largest absolute Gasteiger partial charge is 0.494 e. The van der Waals surface area contributed by atoms with E-state index in [4.69, 9.17) is 10.5 Å². The second-order valence-electron chi connectivity index (χ2n) is 4.92. The lowest BCUT2D eigenvalue weighted by molar-refractivity contribution is 0.389. The Labute approximate surface area is 107 Å². The average Bonchev–Trinajstić information content (AvgIpc) is 2.30. The van der Waals surface area contributed by atoms with Crippen LogP contribution in [0.5, 0.6) is 5.75 Å². The fraction of sp³-hybridized carbons (Fsp3) is 0.538. The standard InChI is InChI=1S/C13H20FN3O/c1-8-6-17(7-9(2)16-8)12-5-11(15)10(14)4-13(12)18-3/h4-5,8-9,16H,6-7,15H2,1-3H3/t8-,9+. The lowest BCUT2D eigenvalue weighted by atomic mass is 10.1. The maximum Gasteiger partial charge on any atom is 0.149 e. The highest BCUT2D eigenvalue weighted by Gasteiger charge is 2.24. The van der Waals surface area contributed by atoms with Crippen molar-refractivity contribution in [3.63, 3.8) is 0 Å². The second kappa shape index (κ2) is 5.02. The molecule has 0 spiro atoms. The van der Waals surface area contributed by atoms with Gasteiger partial charge in [0, 0.05) is 31.2 Å². The molecule has 0 unspecified atom stereocenters. The minimum absolute atomic E-state index is 0.157. The Balaban J connectivity index is 2.34. The third-order valence-corrected chi connectivity index (χ3v) is 3.20. The molecule has 2 rings (SSSR count). The van der Waals surface area contributed by atoms with Gasteiger partial charge in [-0.15, -0.1) is 0 Å². The van der Waals surface area contributed by atoms with Crippen LogP contribution in [0.3, 0.4) is 0 Å². The molecule has 1 aromatic rings. The molecule has 100 valence electrons. The van der Waals surface area contributed by atoms with Gasteiger partial charge in [0.25, 0.3) is 0 Å². The van der Waals surface area contributed by atoms with Crippen molar-refractivity contribution < 1.29 is 9.13 Å². The molecule has 1 aliphatic rings. The normalized spacial score (nSPS) is 24.1. The number of nitrogen functional groups attached to an aromatic ring is 1. The van der Waals surface area contributed by atoms with Crippen LogP contribution in [0.2, 0.25) is 0 Å². The first kappa shape index (κ1) is 13.0. The first-order valence-corrected chi connectivity index (χ1v) is 6.15. The van der Waals surface area contributed by atoms with Gasteiger partial charge in [-0.3, -0.25) is 0 Å². The fourth-order valence-corrected chi connectivity index (χ4v) is 2.49. The van der Waals surface area contributed by atoms with Gasteiger partial charge >= 0.3 is 0 Å². The maximum atomic E-state index is 13.4.